The lowest BCUT2D eigenvalue weighted by molar-refractivity contribution is -0.107. The van der Waals surface area contributed by atoms with Crippen molar-refractivity contribution >= 4 is 6.29 Å². The minimum Gasteiger partial charge on any atom is -0.303 e. The SMILES string of the molecule is C#CCCCCC#CCCCCC=O. The first-order valence-electron chi connectivity index (χ1n) is 5.24. The third-order valence-corrected chi connectivity index (χ3v) is 1.87. The average Bonchev–Trinajstić information content (AvgIpc) is 2.21. The molecule has 0 atom stereocenters. The second kappa shape index (κ2) is 11.8. The third-order valence-electron chi connectivity index (χ3n) is 1.87. The van der Waals surface area contributed by atoms with Crippen molar-refractivity contribution in [1.29, 1.82) is 0 Å². The van der Waals surface area contributed by atoms with Crippen molar-refractivity contribution in [2.45, 2.75) is 51.4 Å². The molecule has 0 aliphatic rings. The minimum absolute atomic E-state index is 0.670. The van der Waals surface area contributed by atoms with Gasteiger partial charge in [0.2, 0.25) is 0 Å². The molecule has 0 fully saturated rings. The van der Waals surface area contributed by atoms with Gasteiger partial charge < -0.3 is 4.79 Å². The Morgan fingerprint density at radius 2 is 1.50 bits per heavy atom. The summed E-state index contributed by atoms with van der Waals surface area (Å²) < 4.78 is 0. The van der Waals surface area contributed by atoms with Gasteiger partial charge in [-0.25, -0.2) is 0 Å². The van der Waals surface area contributed by atoms with E-state index in [2.05, 4.69) is 17.8 Å². The van der Waals surface area contributed by atoms with E-state index in [1.54, 1.807) is 0 Å². The molecule has 0 bridgehead atoms. The van der Waals surface area contributed by atoms with Crippen LogP contribution in [0.1, 0.15) is 51.4 Å². The summed E-state index contributed by atoms with van der Waals surface area (Å²) in [6.45, 7) is 0. The number of hydrogen-bond donors (Lipinski definition) is 0. The number of unbranched alkanes of at least 4 members (excludes halogenated alkanes) is 6. The quantitative estimate of drug-likeness (QED) is 0.343. The zero-order valence-electron chi connectivity index (χ0n) is 8.72. The maximum atomic E-state index is 9.99. The number of carbonyl (C=O) groups excluding carboxylic acids is 1. The Kier molecular flexibility index (Phi) is 10.8. The molecule has 0 unspecified atom stereocenters. The van der Waals surface area contributed by atoms with Crippen LogP contribution in [-0.2, 0) is 4.79 Å². The van der Waals surface area contributed by atoms with Crippen LogP contribution >= 0.6 is 0 Å². The van der Waals surface area contributed by atoms with Crippen molar-refractivity contribution in [3.8, 4) is 24.2 Å². The van der Waals surface area contributed by atoms with Crippen LogP contribution in [-0.4, -0.2) is 6.29 Å². The summed E-state index contributed by atoms with van der Waals surface area (Å²) in [6, 6.07) is 0. The van der Waals surface area contributed by atoms with E-state index in [9.17, 15) is 4.79 Å². The Labute approximate surface area is 87.3 Å². The lowest BCUT2D eigenvalue weighted by Gasteiger charge is -1.89. The van der Waals surface area contributed by atoms with E-state index in [0.717, 1.165) is 51.2 Å². The summed E-state index contributed by atoms with van der Waals surface area (Å²) in [5.74, 6) is 8.83. The van der Waals surface area contributed by atoms with Gasteiger partial charge in [-0.3, -0.25) is 0 Å². The number of aldehydes is 1. The molecule has 0 aliphatic heterocycles. The number of rotatable bonds is 7. The summed E-state index contributed by atoms with van der Waals surface area (Å²) >= 11 is 0. The molecule has 0 radical (unpaired) electrons. The molecule has 0 aliphatic carbocycles. The highest BCUT2D eigenvalue weighted by Gasteiger charge is 1.84. The van der Waals surface area contributed by atoms with Gasteiger partial charge in [0.15, 0.2) is 0 Å². The highest BCUT2D eigenvalue weighted by molar-refractivity contribution is 5.48. The van der Waals surface area contributed by atoms with Gasteiger partial charge in [0.05, 0.1) is 0 Å². The molecule has 0 aromatic heterocycles. The fourth-order valence-electron chi connectivity index (χ4n) is 1.06. The van der Waals surface area contributed by atoms with E-state index in [0.29, 0.717) is 6.42 Å². The van der Waals surface area contributed by atoms with Gasteiger partial charge in [-0.15, -0.1) is 24.2 Å². The Morgan fingerprint density at radius 3 is 2.07 bits per heavy atom. The second-order valence-corrected chi connectivity index (χ2v) is 3.18. The summed E-state index contributed by atoms with van der Waals surface area (Å²) in [4.78, 5) is 9.99. The van der Waals surface area contributed by atoms with Crippen LogP contribution in [0.25, 0.3) is 0 Å². The molecule has 0 rings (SSSR count). The van der Waals surface area contributed by atoms with Crippen LogP contribution in [0.3, 0.4) is 0 Å². The molecule has 0 saturated carbocycles. The van der Waals surface area contributed by atoms with Crippen LogP contribution in [0, 0.1) is 24.2 Å². The standard InChI is InChI=1S/C13H18O/c1-2-3-4-5-6-7-8-9-10-11-12-13-14/h1,13H,3-6,9-12H2. The molecular formula is C13H18O. The van der Waals surface area contributed by atoms with E-state index in [-0.39, 0.29) is 0 Å². The average molecular weight is 190 g/mol. The maximum Gasteiger partial charge on any atom is 0.119 e. The third kappa shape index (κ3) is 10.8. The number of hydrogen-bond acceptors (Lipinski definition) is 1. The highest BCUT2D eigenvalue weighted by atomic mass is 16.1. The zero-order valence-corrected chi connectivity index (χ0v) is 8.72. The van der Waals surface area contributed by atoms with Crippen LogP contribution in [0.15, 0.2) is 0 Å². The monoisotopic (exact) mass is 190 g/mol. The topological polar surface area (TPSA) is 17.1 Å². The predicted octanol–water partition coefficient (Wildman–Crippen LogP) is 2.94. The molecule has 0 aromatic rings. The minimum atomic E-state index is 0.670. The molecule has 1 nitrogen and oxygen atoms in total. The smallest absolute Gasteiger partial charge is 0.119 e. The molecule has 0 aromatic carbocycles. The first-order chi connectivity index (χ1) is 6.91. The largest absolute Gasteiger partial charge is 0.303 e. The van der Waals surface area contributed by atoms with Gasteiger partial charge >= 0.3 is 0 Å². The van der Waals surface area contributed by atoms with Gasteiger partial charge in [0.1, 0.15) is 6.29 Å². The van der Waals surface area contributed by atoms with Crippen LogP contribution < -0.4 is 0 Å². The molecule has 0 amide bonds. The lowest BCUT2D eigenvalue weighted by atomic mass is 10.2. The second-order valence-electron chi connectivity index (χ2n) is 3.18. The van der Waals surface area contributed by atoms with Gasteiger partial charge in [-0.2, -0.15) is 0 Å². The molecule has 14 heavy (non-hydrogen) atoms. The predicted molar refractivity (Wildman–Crippen MR) is 59.6 cm³/mol. The van der Waals surface area contributed by atoms with E-state index in [1.165, 1.54) is 0 Å². The highest BCUT2D eigenvalue weighted by Crippen LogP contribution is 1.99. The van der Waals surface area contributed by atoms with Crippen molar-refractivity contribution < 1.29 is 4.79 Å². The van der Waals surface area contributed by atoms with Gasteiger partial charge in [0, 0.05) is 25.7 Å². The van der Waals surface area contributed by atoms with Crippen LogP contribution in [0.4, 0.5) is 0 Å². The van der Waals surface area contributed by atoms with Gasteiger partial charge in [-0.05, 0) is 25.7 Å². The summed E-state index contributed by atoms with van der Waals surface area (Å²) in [5, 5.41) is 0. The van der Waals surface area contributed by atoms with Gasteiger partial charge in [0.25, 0.3) is 0 Å². The van der Waals surface area contributed by atoms with Gasteiger partial charge in [-0.1, -0.05) is 0 Å². The Morgan fingerprint density at radius 1 is 0.929 bits per heavy atom. The van der Waals surface area contributed by atoms with Crippen molar-refractivity contribution in [1.82, 2.24) is 0 Å². The molecule has 0 N–H and O–H groups in total. The van der Waals surface area contributed by atoms with Crippen LogP contribution in [0.2, 0.25) is 0 Å². The first kappa shape index (κ1) is 12.8. The lowest BCUT2D eigenvalue weighted by Crippen LogP contribution is -1.77. The van der Waals surface area contributed by atoms with Crippen molar-refractivity contribution in [3.63, 3.8) is 0 Å². The molecular weight excluding hydrogens is 172 g/mol. The summed E-state index contributed by atoms with van der Waals surface area (Å²) in [6.07, 6.45) is 13.7. The normalized spacial score (nSPS) is 8.50. The fraction of sp³-hybridized carbons (Fsp3) is 0.615. The molecule has 0 heterocycles. The first-order valence-corrected chi connectivity index (χ1v) is 5.24. The molecule has 0 spiro atoms. The number of terminal acetylenes is 1. The Balaban J connectivity index is 3.11. The van der Waals surface area contributed by atoms with E-state index in [4.69, 9.17) is 6.42 Å². The zero-order chi connectivity index (χ0) is 10.5. The Hall–Kier alpha value is -1.21. The fourth-order valence-corrected chi connectivity index (χ4v) is 1.06. The van der Waals surface area contributed by atoms with E-state index < -0.39 is 0 Å². The van der Waals surface area contributed by atoms with Crippen LogP contribution in [0.5, 0.6) is 0 Å². The maximum absolute atomic E-state index is 9.99. The summed E-state index contributed by atoms with van der Waals surface area (Å²) in [7, 11) is 0. The number of carbonyl (C=O) groups is 1. The van der Waals surface area contributed by atoms with Crippen molar-refractivity contribution in [2.24, 2.45) is 0 Å². The molecule has 76 valence electrons. The molecule has 1 heteroatoms. The summed E-state index contributed by atoms with van der Waals surface area (Å²) in [5.41, 5.74) is 0. The van der Waals surface area contributed by atoms with Crippen molar-refractivity contribution in [2.75, 3.05) is 0 Å². The van der Waals surface area contributed by atoms with E-state index >= 15 is 0 Å². The Bertz CT molecular complexity index is 224. The van der Waals surface area contributed by atoms with E-state index in [1.807, 2.05) is 0 Å². The molecule has 0 saturated heterocycles. The van der Waals surface area contributed by atoms with Crippen molar-refractivity contribution in [3.05, 3.63) is 0 Å².